The van der Waals surface area contributed by atoms with E-state index in [4.69, 9.17) is 4.74 Å². The second-order valence-electron chi connectivity index (χ2n) is 8.40. The number of benzene rings is 2. The lowest BCUT2D eigenvalue weighted by Crippen LogP contribution is -2.61. The highest BCUT2D eigenvalue weighted by Gasteiger charge is 2.54. The van der Waals surface area contributed by atoms with Crippen molar-refractivity contribution >= 4 is 5.69 Å². The number of pyridine rings is 1. The van der Waals surface area contributed by atoms with Crippen molar-refractivity contribution in [2.24, 2.45) is 11.3 Å². The maximum absolute atomic E-state index is 6.21. The minimum absolute atomic E-state index is 0.303. The number of anilines is 1. The third kappa shape index (κ3) is 3.85. The Hall–Kier alpha value is -2.85. The summed E-state index contributed by atoms with van der Waals surface area (Å²) < 4.78 is 6.21. The van der Waals surface area contributed by atoms with Gasteiger partial charge in [-0.15, -0.1) is 0 Å². The van der Waals surface area contributed by atoms with Gasteiger partial charge in [0.15, 0.2) is 0 Å². The zero-order chi connectivity index (χ0) is 19.5. The van der Waals surface area contributed by atoms with Crippen LogP contribution in [-0.2, 0) is 6.54 Å². The van der Waals surface area contributed by atoms with Crippen LogP contribution in [0.25, 0.3) is 0 Å². The summed E-state index contributed by atoms with van der Waals surface area (Å²) in [6, 6.07) is 25.2. The predicted octanol–water partition coefficient (Wildman–Crippen LogP) is 4.10. The van der Waals surface area contributed by atoms with Crippen molar-refractivity contribution < 1.29 is 4.74 Å². The lowest BCUT2D eigenvalue weighted by molar-refractivity contribution is 0.111. The summed E-state index contributed by atoms with van der Waals surface area (Å²) in [7, 11) is 0. The lowest BCUT2D eigenvalue weighted by Gasteiger charge is -2.52. The summed E-state index contributed by atoms with van der Waals surface area (Å²) in [5.41, 5.74) is 2.96. The normalized spacial score (nSPS) is 20.6. The summed E-state index contributed by atoms with van der Waals surface area (Å²) in [5.74, 6) is 1.50. The van der Waals surface area contributed by atoms with Gasteiger partial charge >= 0.3 is 0 Å². The van der Waals surface area contributed by atoms with Crippen molar-refractivity contribution in [3.63, 3.8) is 0 Å². The molecule has 0 radical (unpaired) electrons. The molecule has 0 amide bonds. The van der Waals surface area contributed by atoms with E-state index in [1.165, 1.54) is 11.3 Å². The molecule has 2 aromatic carbocycles. The van der Waals surface area contributed by atoms with E-state index in [-0.39, 0.29) is 0 Å². The first-order chi connectivity index (χ1) is 14.3. The molecule has 3 aromatic rings. The molecule has 2 fully saturated rings. The Kier molecular flexibility index (Phi) is 4.94. The fourth-order valence-electron chi connectivity index (χ4n) is 4.85. The second kappa shape index (κ2) is 7.88. The number of rotatable bonds is 6. The number of aromatic nitrogens is 1. The molecule has 0 saturated carbocycles. The van der Waals surface area contributed by atoms with Crippen LogP contribution in [0.2, 0.25) is 0 Å². The second-order valence-corrected chi connectivity index (χ2v) is 8.40. The molecule has 1 atom stereocenters. The number of likely N-dealkylation sites (tertiary alicyclic amines) is 1. The van der Waals surface area contributed by atoms with E-state index in [0.29, 0.717) is 11.3 Å². The maximum atomic E-state index is 6.21. The van der Waals surface area contributed by atoms with Crippen LogP contribution in [0.3, 0.4) is 0 Å². The molecule has 4 nitrogen and oxygen atoms in total. The molecule has 1 aromatic heterocycles. The zero-order valence-electron chi connectivity index (χ0n) is 16.7. The number of hydrogen-bond donors (Lipinski definition) is 0. The predicted molar refractivity (Wildman–Crippen MR) is 116 cm³/mol. The highest BCUT2D eigenvalue weighted by molar-refractivity contribution is 5.50. The highest BCUT2D eigenvalue weighted by Crippen LogP contribution is 2.46. The van der Waals surface area contributed by atoms with E-state index in [1.54, 1.807) is 0 Å². The van der Waals surface area contributed by atoms with Crippen molar-refractivity contribution in [1.29, 1.82) is 0 Å². The number of ether oxygens (including phenoxy) is 1. The Balaban J connectivity index is 1.29. The molecular weight excluding hydrogens is 358 g/mol. The smallest absolute Gasteiger partial charge is 0.119 e. The average Bonchev–Trinajstić information content (AvgIpc) is 3.11. The van der Waals surface area contributed by atoms with E-state index >= 15 is 0 Å². The molecule has 148 valence electrons. The number of para-hydroxylation sites is 2. The van der Waals surface area contributed by atoms with Crippen molar-refractivity contribution in [3.05, 3.63) is 90.8 Å². The van der Waals surface area contributed by atoms with Gasteiger partial charge in [0.1, 0.15) is 5.75 Å². The molecule has 0 N–H and O–H groups in total. The van der Waals surface area contributed by atoms with Crippen LogP contribution in [0.1, 0.15) is 5.56 Å². The highest BCUT2D eigenvalue weighted by atomic mass is 16.5. The van der Waals surface area contributed by atoms with Crippen molar-refractivity contribution in [2.75, 3.05) is 37.7 Å². The van der Waals surface area contributed by atoms with Crippen LogP contribution in [0, 0.1) is 11.3 Å². The summed E-state index contributed by atoms with van der Waals surface area (Å²) in [6.07, 6.45) is 3.77. The minimum atomic E-state index is 0.303. The van der Waals surface area contributed by atoms with Gasteiger partial charge in [-0.3, -0.25) is 9.88 Å². The number of hydrogen-bond acceptors (Lipinski definition) is 4. The first-order valence-corrected chi connectivity index (χ1v) is 10.4. The van der Waals surface area contributed by atoms with E-state index in [0.717, 1.165) is 45.1 Å². The quantitative estimate of drug-likeness (QED) is 0.639. The van der Waals surface area contributed by atoms with Crippen LogP contribution in [0.5, 0.6) is 5.75 Å². The van der Waals surface area contributed by atoms with Gasteiger partial charge in [0.2, 0.25) is 0 Å². The molecule has 4 heteroatoms. The van der Waals surface area contributed by atoms with Gasteiger partial charge in [-0.05, 0) is 42.0 Å². The summed E-state index contributed by atoms with van der Waals surface area (Å²) in [4.78, 5) is 9.25. The van der Waals surface area contributed by atoms with Gasteiger partial charge in [0.05, 0.1) is 6.61 Å². The Morgan fingerprint density at radius 2 is 1.55 bits per heavy atom. The summed E-state index contributed by atoms with van der Waals surface area (Å²) in [5, 5.41) is 0. The van der Waals surface area contributed by atoms with Gasteiger partial charge in [-0.1, -0.05) is 36.4 Å². The van der Waals surface area contributed by atoms with Crippen LogP contribution < -0.4 is 9.64 Å². The molecule has 1 spiro atoms. The Labute approximate surface area is 172 Å². The standard InChI is InChI=1S/C25H27N3O/c1-3-7-23(8-4-1)28-19-25(20-28)18-27(15-21-11-13-26-14-12-21)16-22(25)17-29-24-9-5-2-6-10-24/h1-14,22H,15-20H2. The molecular formula is C25H27N3O. The lowest BCUT2D eigenvalue weighted by atomic mass is 9.71. The van der Waals surface area contributed by atoms with Crippen LogP contribution in [0.15, 0.2) is 85.2 Å². The molecule has 2 saturated heterocycles. The fourth-order valence-corrected chi connectivity index (χ4v) is 4.85. The van der Waals surface area contributed by atoms with E-state index in [1.807, 2.05) is 42.7 Å². The summed E-state index contributed by atoms with van der Waals surface area (Å²) >= 11 is 0. The zero-order valence-corrected chi connectivity index (χ0v) is 16.7. The Morgan fingerprint density at radius 3 is 2.28 bits per heavy atom. The fraction of sp³-hybridized carbons (Fsp3) is 0.320. The first-order valence-electron chi connectivity index (χ1n) is 10.4. The van der Waals surface area contributed by atoms with Gasteiger partial charge in [0, 0.05) is 62.1 Å². The molecule has 5 rings (SSSR count). The molecule has 29 heavy (non-hydrogen) atoms. The maximum Gasteiger partial charge on any atom is 0.119 e. The van der Waals surface area contributed by atoms with Crippen LogP contribution in [0.4, 0.5) is 5.69 Å². The van der Waals surface area contributed by atoms with Crippen molar-refractivity contribution in [3.8, 4) is 5.75 Å². The largest absolute Gasteiger partial charge is 0.493 e. The Bertz CT molecular complexity index is 911. The van der Waals surface area contributed by atoms with Gasteiger partial charge in [-0.25, -0.2) is 0 Å². The van der Waals surface area contributed by atoms with Crippen molar-refractivity contribution in [1.82, 2.24) is 9.88 Å². The molecule has 0 bridgehead atoms. The van der Waals surface area contributed by atoms with E-state index in [2.05, 4.69) is 57.2 Å². The van der Waals surface area contributed by atoms with Gasteiger partial charge in [-0.2, -0.15) is 0 Å². The van der Waals surface area contributed by atoms with Gasteiger partial charge < -0.3 is 9.64 Å². The van der Waals surface area contributed by atoms with Gasteiger partial charge in [0.25, 0.3) is 0 Å². The van der Waals surface area contributed by atoms with E-state index < -0.39 is 0 Å². The summed E-state index contributed by atoms with van der Waals surface area (Å²) in [6.45, 7) is 6.18. The van der Waals surface area contributed by atoms with Crippen LogP contribution >= 0.6 is 0 Å². The minimum Gasteiger partial charge on any atom is -0.493 e. The topological polar surface area (TPSA) is 28.6 Å². The third-order valence-electron chi connectivity index (χ3n) is 6.37. The SMILES string of the molecule is c1ccc(OCC2CN(Cc3ccncc3)CC23CN(c2ccccc2)C3)cc1. The molecule has 0 aliphatic carbocycles. The third-order valence-corrected chi connectivity index (χ3v) is 6.37. The molecule has 2 aliphatic heterocycles. The molecule has 3 heterocycles. The van der Waals surface area contributed by atoms with E-state index in [9.17, 15) is 0 Å². The van der Waals surface area contributed by atoms with Crippen LogP contribution in [-0.4, -0.2) is 42.7 Å². The average molecular weight is 386 g/mol. The first kappa shape index (κ1) is 18.2. The number of nitrogens with zero attached hydrogens (tertiary/aromatic N) is 3. The molecule has 1 unspecified atom stereocenters. The monoisotopic (exact) mass is 385 g/mol. The Morgan fingerprint density at radius 1 is 0.862 bits per heavy atom. The molecule has 2 aliphatic rings. The van der Waals surface area contributed by atoms with Crippen molar-refractivity contribution in [2.45, 2.75) is 6.54 Å².